The van der Waals surface area contributed by atoms with Gasteiger partial charge >= 0.3 is 0 Å². The highest BCUT2D eigenvalue weighted by molar-refractivity contribution is 5.98. The van der Waals surface area contributed by atoms with Crippen LogP contribution in [0.2, 0.25) is 0 Å². The largest absolute Gasteiger partial charge is 0.365 e. The summed E-state index contributed by atoms with van der Waals surface area (Å²) in [7, 11) is 0. The van der Waals surface area contributed by atoms with E-state index in [-0.39, 0.29) is 29.3 Å². The van der Waals surface area contributed by atoms with E-state index in [1.54, 1.807) is 37.3 Å². The van der Waals surface area contributed by atoms with Gasteiger partial charge in [0.15, 0.2) is 11.6 Å². The molecule has 31 heavy (non-hydrogen) atoms. The number of nitrogens with one attached hydrogen (secondary N) is 2. The van der Waals surface area contributed by atoms with Gasteiger partial charge in [-0.2, -0.15) is 0 Å². The summed E-state index contributed by atoms with van der Waals surface area (Å²) in [6.45, 7) is 3.72. The first-order valence-electron chi connectivity index (χ1n) is 9.80. The fourth-order valence-electron chi connectivity index (χ4n) is 3.12. The number of hydrogen-bond acceptors (Lipinski definition) is 6. The Bertz CT molecular complexity index is 1090. The quantitative estimate of drug-likeness (QED) is 0.435. The number of primary amides is 1. The summed E-state index contributed by atoms with van der Waals surface area (Å²) in [5, 5.41) is 5.93. The summed E-state index contributed by atoms with van der Waals surface area (Å²) in [4.78, 5) is 20.3. The molecule has 6 N–H and O–H groups in total. The van der Waals surface area contributed by atoms with E-state index in [4.69, 9.17) is 11.5 Å². The average Bonchev–Trinajstić information content (AvgIpc) is 2.73. The number of pyridine rings is 2. The number of nitrogens with two attached hydrogens (primary N) is 2. The van der Waals surface area contributed by atoms with Gasteiger partial charge in [0, 0.05) is 29.5 Å². The third-order valence-corrected chi connectivity index (χ3v) is 4.81. The Hall–Kier alpha value is -3.59. The van der Waals surface area contributed by atoms with Crippen LogP contribution in [-0.2, 0) is 0 Å². The van der Waals surface area contributed by atoms with Crippen molar-refractivity contribution >= 4 is 23.2 Å². The van der Waals surface area contributed by atoms with E-state index in [0.29, 0.717) is 23.4 Å². The average molecular weight is 426 g/mol. The van der Waals surface area contributed by atoms with Crippen LogP contribution in [0.5, 0.6) is 0 Å². The highest BCUT2D eigenvalue weighted by atomic mass is 19.1. The minimum atomic E-state index is -0.844. The molecule has 0 saturated heterocycles. The van der Waals surface area contributed by atoms with Crippen LogP contribution in [0.4, 0.5) is 26.1 Å². The summed E-state index contributed by atoms with van der Waals surface area (Å²) >= 11 is 0. The predicted molar refractivity (Wildman–Crippen MR) is 117 cm³/mol. The second-order valence-electron chi connectivity index (χ2n) is 7.13. The number of nitrogens with zero attached hydrogens (tertiary/aromatic N) is 2. The molecule has 0 aliphatic heterocycles. The molecule has 3 aromatic rings. The fourth-order valence-corrected chi connectivity index (χ4v) is 3.12. The maximum atomic E-state index is 14.6. The van der Waals surface area contributed by atoms with Crippen molar-refractivity contribution in [3.8, 4) is 11.3 Å². The van der Waals surface area contributed by atoms with Crippen molar-refractivity contribution in [3.63, 3.8) is 0 Å². The van der Waals surface area contributed by atoms with Crippen LogP contribution in [0.3, 0.4) is 0 Å². The van der Waals surface area contributed by atoms with Gasteiger partial charge < -0.3 is 22.1 Å². The van der Waals surface area contributed by atoms with Gasteiger partial charge in [-0.3, -0.25) is 9.78 Å². The van der Waals surface area contributed by atoms with Crippen LogP contribution in [0, 0.1) is 11.6 Å². The summed E-state index contributed by atoms with van der Waals surface area (Å²) in [5.74, 6) is -1.98. The molecule has 0 bridgehead atoms. The molecule has 0 radical (unpaired) electrons. The number of anilines is 3. The van der Waals surface area contributed by atoms with E-state index in [1.165, 1.54) is 12.3 Å². The molecule has 162 valence electrons. The Morgan fingerprint density at radius 2 is 1.87 bits per heavy atom. The van der Waals surface area contributed by atoms with Crippen LogP contribution in [0.1, 0.15) is 30.6 Å². The van der Waals surface area contributed by atoms with E-state index in [0.717, 1.165) is 6.07 Å². The summed E-state index contributed by atoms with van der Waals surface area (Å²) in [6.07, 6.45) is 2.13. The van der Waals surface area contributed by atoms with Gasteiger partial charge in [0.25, 0.3) is 5.91 Å². The van der Waals surface area contributed by atoms with Crippen molar-refractivity contribution in [3.05, 3.63) is 65.9 Å². The van der Waals surface area contributed by atoms with Crippen LogP contribution < -0.4 is 22.1 Å². The third-order valence-electron chi connectivity index (χ3n) is 4.81. The Morgan fingerprint density at radius 3 is 2.52 bits per heavy atom. The number of rotatable bonds is 8. The molecule has 2 atom stereocenters. The minimum absolute atomic E-state index is 0.0555. The monoisotopic (exact) mass is 426 g/mol. The first-order chi connectivity index (χ1) is 14.8. The summed E-state index contributed by atoms with van der Waals surface area (Å²) < 4.78 is 28.7. The third kappa shape index (κ3) is 5.13. The highest BCUT2D eigenvalue weighted by Gasteiger charge is 2.20. The summed E-state index contributed by atoms with van der Waals surface area (Å²) in [6, 6.07) is 9.99. The molecule has 9 heteroatoms. The lowest BCUT2D eigenvalue weighted by Crippen LogP contribution is -2.38. The maximum Gasteiger partial charge on any atom is 0.252 e. The molecule has 0 aliphatic rings. The maximum absolute atomic E-state index is 14.6. The lowest BCUT2D eigenvalue weighted by Gasteiger charge is -2.22. The van der Waals surface area contributed by atoms with Gasteiger partial charge in [-0.25, -0.2) is 13.8 Å². The van der Waals surface area contributed by atoms with Crippen molar-refractivity contribution in [2.45, 2.75) is 32.4 Å². The second kappa shape index (κ2) is 9.48. The molecule has 0 saturated carbocycles. The second-order valence-corrected chi connectivity index (χ2v) is 7.13. The molecule has 0 aliphatic carbocycles. The number of aromatic nitrogens is 2. The lowest BCUT2D eigenvalue weighted by molar-refractivity contribution is 0.100. The SMILES string of the molecule is CC[C@@H](Nc1nc(Nc2ccnc(-c3ccccc3F)c2)c(C(N)=O)cc1F)[C@H](C)N. The number of carbonyl (C=O) groups excluding carboxylic acids is 1. The zero-order valence-electron chi connectivity index (χ0n) is 17.2. The van der Waals surface area contributed by atoms with Gasteiger partial charge in [-0.1, -0.05) is 19.1 Å². The molecular weight excluding hydrogens is 402 g/mol. The van der Waals surface area contributed by atoms with Crippen molar-refractivity contribution < 1.29 is 13.6 Å². The fraction of sp³-hybridized carbons (Fsp3) is 0.227. The molecule has 2 aromatic heterocycles. The number of amides is 1. The molecule has 0 unspecified atom stereocenters. The van der Waals surface area contributed by atoms with Crippen molar-refractivity contribution in [1.29, 1.82) is 0 Å². The number of hydrogen-bond donors (Lipinski definition) is 4. The first-order valence-corrected chi connectivity index (χ1v) is 9.80. The van der Waals surface area contributed by atoms with Crippen LogP contribution in [0.15, 0.2) is 48.7 Å². The first kappa shape index (κ1) is 22.1. The Labute approximate surface area is 178 Å². The van der Waals surface area contributed by atoms with Crippen LogP contribution in [0.25, 0.3) is 11.3 Å². The van der Waals surface area contributed by atoms with Gasteiger partial charge in [0.2, 0.25) is 0 Å². The molecule has 2 heterocycles. The van der Waals surface area contributed by atoms with E-state index >= 15 is 0 Å². The Balaban J connectivity index is 1.98. The van der Waals surface area contributed by atoms with Crippen LogP contribution in [-0.4, -0.2) is 28.0 Å². The van der Waals surface area contributed by atoms with Gasteiger partial charge in [-0.15, -0.1) is 0 Å². The zero-order valence-corrected chi connectivity index (χ0v) is 17.2. The lowest BCUT2D eigenvalue weighted by atomic mass is 10.1. The minimum Gasteiger partial charge on any atom is -0.365 e. The Kier molecular flexibility index (Phi) is 6.76. The highest BCUT2D eigenvalue weighted by Crippen LogP contribution is 2.27. The number of benzene rings is 1. The standard InChI is InChI=1S/C22H24F2N6O/c1-3-18(12(2)25)29-22-17(24)11-15(20(26)31)21(30-22)28-13-8-9-27-19(10-13)14-6-4-5-7-16(14)23/h4-12,18H,3,25H2,1-2H3,(H2,26,31)(H2,27,28,29,30)/t12-,18+/m0/s1. The molecule has 0 fully saturated rings. The molecule has 0 spiro atoms. The van der Waals surface area contributed by atoms with E-state index in [9.17, 15) is 13.6 Å². The Morgan fingerprint density at radius 1 is 1.13 bits per heavy atom. The van der Waals surface area contributed by atoms with Gasteiger partial charge in [-0.05, 0) is 43.7 Å². The molecule has 1 amide bonds. The molecular formula is C22H24F2N6O. The van der Waals surface area contributed by atoms with Crippen molar-refractivity contribution in [1.82, 2.24) is 9.97 Å². The van der Waals surface area contributed by atoms with E-state index in [1.807, 2.05) is 6.92 Å². The summed E-state index contributed by atoms with van der Waals surface area (Å²) in [5.41, 5.74) is 12.4. The molecule has 7 nitrogen and oxygen atoms in total. The van der Waals surface area contributed by atoms with E-state index < -0.39 is 17.5 Å². The predicted octanol–water partition coefficient (Wildman–Crippen LogP) is 3.80. The van der Waals surface area contributed by atoms with Gasteiger partial charge in [0.1, 0.15) is 11.6 Å². The number of halogens is 2. The zero-order chi connectivity index (χ0) is 22.5. The van der Waals surface area contributed by atoms with Gasteiger partial charge in [0.05, 0.1) is 11.3 Å². The van der Waals surface area contributed by atoms with Crippen LogP contribution >= 0.6 is 0 Å². The number of carbonyl (C=O) groups is 1. The normalized spacial score (nSPS) is 12.8. The van der Waals surface area contributed by atoms with E-state index in [2.05, 4.69) is 20.6 Å². The van der Waals surface area contributed by atoms with Crippen molar-refractivity contribution in [2.24, 2.45) is 11.5 Å². The molecule has 3 rings (SSSR count). The molecule has 1 aromatic carbocycles. The topological polar surface area (TPSA) is 119 Å². The smallest absolute Gasteiger partial charge is 0.252 e. The van der Waals surface area contributed by atoms with Crippen molar-refractivity contribution in [2.75, 3.05) is 10.6 Å².